The van der Waals surface area contributed by atoms with Gasteiger partial charge in [0.15, 0.2) is 0 Å². The van der Waals surface area contributed by atoms with Gasteiger partial charge in [-0.15, -0.1) is 10.2 Å². The molecule has 1 aliphatic rings. The van der Waals surface area contributed by atoms with Gasteiger partial charge in [0.25, 0.3) is 11.6 Å². The SMILES string of the molecule is Cc1cccc(Cc2c(C)nc3nc(SCC(=O)NC4CCN(C(=O)CSc5nc6nc(C)c(Cc7cccc(C)c7)c(C)n6n5)C4)nn3c2C)c1. The number of aromatic nitrogens is 8. The van der Waals surface area contributed by atoms with Crippen molar-refractivity contribution < 1.29 is 9.59 Å². The van der Waals surface area contributed by atoms with Crippen LogP contribution in [0.2, 0.25) is 0 Å². The number of carbonyl (C=O) groups is 2. The van der Waals surface area contributed by atoms with Crippen molar-refractivity contribution in [1.29, 1.82) is 0 Å². The van der Waals surface area contributed by atoms with Crippen LogP contribution in [-0.4, -0.2) is 86.5 Å². The minimum Gasteiger partial charge on any atom is -0.351 e. The predicted octanol–water partition coefficient (Wildman–Crippen LogP) is 5.20. The second-order valence-corrected chi connectivity index (χ2v) is 15.4. The van der Waals surface area contributed by atoms with E-state index < -0.39 is 0 Å². The summed E-state index contributed by atoms with van der Waals surface area (Å²) in [6, 6.07) is 16.8. The summed E-state index contributed by atoms with van der Waals surface area (Å²) in [7, 11) is 0. The first kappa shape index (κ1) is 35.6. The third-order valence-electron chi connectivity index (χ3n) is 9.55. The maximum Gasteiger partial charge on any atom is 0.253 e. The topological polar surface area (TPSA) is 136 Å². The molecule has 6 aromatic rings. The Morgan fingerprint density at radius 1 is 0.731 bits per heavy atom. The van der Waals surface area contributed by atoms with Crippen molar-refractivity contribution >= 4 is 46.9 Å². The van der Waals surface area contributed by atoms with E-state index in [9.17, 15) is 9.59 Å². The van der Waals surface area contributed by atoms with Gasteiger partial charge in [-0.25, -0.2) is 19.0 Å². The molecule has 1 fully saturated rings. The van der Waals surface area contributed by atoms with Crippen LogP contribution in [0, 0.1) is 41.5 Å². The summed E-state index contributed by atoms with van der Waals surface area (Å²) in [5.41, 5.74) is 11.0. The highest BCUT2D eigenvalue weighted by atomic mass is 32.2. The molecule has 1 N–H and O–H groups in total. The van der Waals surface area contributed by atoms with Crippen molar-refractivity contribution in [3.8, 4) is 0 Å². The number of fused-ring (bicyclic) bond motifs is 2. The Bertz CT molecular complexity index is 2320. The molecule has 14 heteroatoms. The molecule has 1 aliphatic heterocycles. The number of hydrogen-bond acceptors (Lipinski definition) is 10. The summed E-state index contributed by atoms with van der Waals surface area (Å²) in [6.45, 7) is 13.3. The van der Waals surface area contributed by atoms with Gasteiger partial charge in [-0.3, -0.25) is 9.59 Å². The van der Waals surface area contributed by atoms with E-state index in [1.807, 2.05) is 27.7 Å². The second-order valence-electron chi connectivity index (χ2n) is 13.5. The number of thioether (sulfide) groups is 2. The molecule has 2 aromatic carbocycles. The van der Waals surface area contributed by atoms with Crippen molar-refractivity contribution in [3.05, 3.63) is 105 Å². The zero-order chi connectivity index (χ0) is 36.5. The third-order valence-corrected chi connectivity index (χ3v) is 11.2. The number of aryl methyl sites for hydroxylation is 6. The number of rotatable bonds is 11. The molecule has 0 saturated carbocycles. The molecule has 5 heterocycles. The van der Waals surface area contributed by atoms with Crippen molar-refractivity contribution in [3.63, 3.8) is 0 Å². The summed E-state index contributed by atoms with van der Waals surface area (Å²) in [4.78, 5) is 46.5. The highest BCUT2D eigenvalue weighted by molar-refractivity contribution is 8.00. The van der Waals surface area contributed by atoms with Crippen molar-refractivity contribution in [2.75, 3.05) is 24.6 Å². The second kappa shape index (κ2) is 15.0. The van der Waals surface area contributed by atoms with Gasteiger partial charge in [0.05, 0.1) is 11.5 Å². The number of nitrogens with one attached hydrogen (secondary N) is 1. The van der Waals surface area contributed by atoms with Gasteiger partial charge in [0.1, 0.15) is 0 Å². The molecule has 1 atom stereocenters. The normalized spacial score (nSPS) is 14.5. The molecule has 1 unspecified atom stereocenters. The lowest BCUT2D eigenvalue weighted by Gasteiger charge is -2.16. The molecule has 7 rings (SSSR count). The van der Waals surface area contributed by atoms with Crippen LogP contribution in [0.3, 0.4) is 0 Å². The van der Waals surface area contributed by atoms with Gasteiger partial charge in [0, 0.05) is 54.7 Å². The first-order valence-electron chi connectivity index (χ1n) is 17.4. The average Bonchev–Trinajstić information content (AvgIpc) is 3.85. The fourth-order valence-electron chi connectivity index (χ4n) is 6.79. The molecule has 52 heavy (non-hydrogen) atoms. The van der Waals surface area contributed by atoms with E-state index in [0.29, 0.717) is 41.4 Å². The van der Waals surface area contributed by atoms with Gasteiger partial charge < -0.3 is 10.2 Å². The maximum atomic E-state index is 13.1. The molecule has 268 valence electrons. The summed E-state index contributed by atoms with van der Waals surface area (Å²) < 4.78 is 3.54. The highest BCUT2D eigenvalue weighted by Crippen LogP contribution is 2.24. The van der Waals surface area contributed by atoms with Crippen LogP contribution in [0.15, 0.2) is 58.8 Å². The smallest absolute Gasteiger partial charge is 0.253 e. The predicted molar refractivity (Wildman–Crippen MR) is 203 cm³/mol. The van der Waals surface area contributed by atoms with E-state index in [1.165, 1.54) is 45.8 Å². The molecular weight excluding hydrogens is 693 g/mol. The molecule has 1 saturated heterocycles. The van der Waals surface area contributed by atoms with Gasteiger partial charge in [-0.05, 0) is 70.2 Å². The minimum absolute atomic E-state index is 0.00944. The van der Waals surface area contributed by atoms with Crippen LogP contribution in [0.4, 0.5) is 0 Å². The van der Waals surface area contributed by atoms with Crippen LogP contribution in [0.1, 0.15) is 62.6 Å². The largest absolute Gasteiger partial charge is 0.351 e. The van der Waals surface area contributed by atoms with Crippen LogP contribution >= 0.6 is 23.5 Å². The Hall–Kier alpha value is -4.82. The number of likely N-dealkylation sites (tertiary alicyclic amines) is 1. The molecule has 0 aliphatic carbocycles. The van der Waals surface area contributed by atoms with Crippen LogP contribution in [-0.2, 0) is 22.4 Å². The quantitative estimate of drug-likeness (QED) is 0.177. The number of hydrogen-bond donors (Lipinski definition) is 1. The molecule has 0 radical (unpaired) electrons. The molecule has 4 aromatic heterocycles. The number of benzene rings is 2. The molecule has 12 nitrogen and oxygen atoms in total. The fraction of sp³-hybridized carbons (Fsp3) is 0.368. The number of amides is 2. The van der Waals surface area contributed by atoms with Crippen LogP contribution < -0.4 is 5.32 Å². The first-order valence-corrected chi connectivity index (χ1v) is 19.4. The Kier molecular flexibility index (Phi) is 10.3. The minimum atomic E-state index is -0.118. The van der Waals surface area contributed by atoms with E-state index in [-0.39, 0.29) is 29.4 Å². The lowest BCUT2D eigenvalue weighted by molar-refractivity contribution is -0.127. The van der Waals surface area contributed by atoms with Crippen molar-refractivity contribution in [1.82, 2.24) is 49.4 Å². The van der Waals surface area contributed by atoms with E-state index in [1.54, 1.807) is 13.9 Å². The molecule has 0 spiro atoms. The fourth-order valence-corrected chi connectivity index (χ4v) is 8.14. The van der Waals surface area contributed by atoms with E-state index >= 15 is 0 Å². The summed E-state index contributed by atoms with van der Waals surface area (Å²) in [5.74, 6) is 1.31. The Labute approximate surface area is 311 Å². The van der Waals surface area contributed by atoms with Crippen molar-refractivity contribution in [2.45, 2.75) is 77.2 Å². The van der Waals surface area contributed by atoms with Crippen molar-refractivity contribution in [2.24, 2.45) is 0 Å². The van der Waals surface area contributed by atoms with E-state index in [4.69, 9.17) is 9.97 Å². The van der Waals surface area contributed by atoms with E-state index in [0.717, 1.165) is 46.7 Å². The monoisotopic (exact) mass is 734 g/mol. The summed E-state index contributed by atoms with van der Waals surface area (Å²) in [6.07, 6.45) is 2.22. The van der Waals surface area contributed by atoms with E-state index in [2.05, 4.69) is 87.9 Å². The Balaban J connectivity index is 0.902. The van der Waals surface area contributed by atoms with Gasteiger partial charge >= 0.3 is 0 Å². The third kappa shape index (κ3) is 7.82. The van der Waals surface area contributed by atoms with Gasteiger partial charge in [-0.2, -0.15) is 9.97 Å². The maximum absolute atomic E-state index is 13.1. The Morgan fingerprint density at radius 2 is 1.25 bits per heavy atom. The van der Waals surface area contributed by atoms with Gasteiger partial charge in [-0.1, -0.05) is 83.2 Å². The first-order chi connectivity index (χ1) is 25.0. The Morgan fingerprint density at radius 3 is 1.77 bits per heavy atom. The summed E-state index contributed by atoms with van der Waals surface area (Å²) >= 11 is 2.59. The molecule has 2 amide bonds. The lowest BCUT2D eigenvalue weighted by atomic mass is 10.0. The van der Waals surface area contributed by atoms with Gasteiger partial charge in [0.2, 0.25) is 22.1 Å². The zero-order valence-electron chi connectivity index (χ0n) is 30.3. The zero-order valence-corrected chi connectivity index (χ0v) is 31.9. The molecular formula is C38H42N10O2S2. The van der Waals surface area contributed by atoms with Crippen LogP contribution in [0.25, 0.3) is 11.6 Å². The lowest BCUT2D eigenvalue weighted by Crippen LogP contribution is -2.39. The number of carbonyl (C=O) groups excluding carboxylic acids is 2. The average molecular weight is 735 g/mol. The van der Waals surface area contributed by atoms with Crippen LogP contribution in [0.5, 0.6) is 0 Å². The number of nitrogens with zero attached hydrogens (tertiary/aromatic N) is 9. The molecule has 0 bridgehead atoms. The summed E-state index contributed by atoms with van der Waals surface area (Å²) in [5, 5.41) is 13.4. The highest BCUT2D eigenvalue weighted by Gasteiger charge is 2.28. The standard InChI is InChI=1S/C38H42N10O2S2/c1-22-9-7-11-28(15-22)17-31-24(3)39-35-42-37(44-47(35)26(31)5)51-20-33(49)41-30-13-14-46(19-30)34(50)21-52-38-43-36-40-25(4)32(27(6)48(36)45-38)18-29-12-8-10-23(2)16-29/h7-12,15-16,30H,13-14,17-21H2,1-6H3,(H,41,49).